The van der Waals surface area contributed by atoms with Gasteiger partial charge in [-0.3, -0.25) is 0 Å². The van der Waals surface area contributed by atoms with E-state index < -0.39 is 5.72 Å². The van der Waals surface area contributed by atoms with Crippen LogP contribution in [0.1, 0.15) is 36.6 Å². The number of benzene rings is 2. The fourth-order valence-electron chi connectivity index (χ4n) is 4.20. The van der Waals surface area contributed by atoms with Crippen molar-refractivity contribution in [1.29, 1.82) is 0 Å². The Balaban J connectivity index is 1.44. The molecule has 3 aromatic rings. The van der Waals surface area contributed by atoms with Crippen LogP contribution in [-0.2, 0) is 10.6 Å². The minimum absolute atomic E-state index is 0.290. The molecule has 31 heavy (non-hydrogen) atoms. The summed E-state index contributed by atoms with van der Waals surface area (Å²) in [4.78, 5) is 12.1. The number of hydrogen-bond acceptors (Lipinski definition) is 4. The molecule has 1 unspecified atom stereocenters. The molecule has 7 heteroatoms. The Labute approximate surface area is 179 Å². The zero-order chi connectivity index (χ0) is 21.6. The van der Waals surface area contributed by atoms with E-state index in [-0.39, 0.29) is 11.6 Å². The molecular formula is C24H22F2N4O. The fraction of sp³-hybridized carbons (Fsp3) is 0.250. The van der Waals surface area contributed by atoms with E-state index in [1.54, 1.807) is 35.3 Å². The van der Waals surface area contributed by atoms with E-state index in [2.05, 4.69) is 15.0 Å². The van der Waals surface area contributed by atoms with Crippen molar-refractivity contribution in [3.8, 4) is 5.69 Å². The lowest BCUT2D eigenvalue weighted by atomic mass is 9.95. The van der Waals surface area contributed by atoms with E-state index in [0.29, 0.717) is 5.69 Å². The number of fused-ring (bicyclic) bond motifs is 1. The number of oxime groups is 1. The Bertz CT molecular complexity index is 1200. The molecule has 2 aliphatic heterocycles. The average molecular weight is 420 g/mol. The van der Waals surface area contributed by atoms with E-state index in [1.165, 1.54) is 18.2 Å². The van der Waals surface area contributed by atoms with Crippen LogP contribution < -0.4 is 0 Å². The Morgan fingerprint density at radius 3 is 2.65 bits per heavy atom. The van der Waals surface area contributed by atoms with E-state index in [4.69, 9.17) is 4.84 Å². The average Bonchev–Trinajstić information content (AvgIpc) is 3.34. The summed E-state index contributed by atoms with van der Waals surface area (Å²) in [6, 6.07) is 11.4. The van der Waals surface area contributed by atoms with Gasteiger partial charge in [0.2, 0.25) is 5.72 Å². The number of piperidine rings is 1. The molecule has 5 rings (SSSR count). The second-order valence-electron chi connectivity index (χ2n) is 8.05. The molecule has 0 saturated carbocycles. The number of rotatable bonds is 3. The SMILES string of the molecule is Cc1cn(-c2ccc(C=C3CCCN4C3=NOC4(C)c3ccc(F)cc3)cc2F)cn1. The van der Waals surface area contributed by atoms with Gasteiger partial charge in [-0.05, 0) is 61.2 Å². The number of nitrogens with zero attached hydrogens (tertiary/aromatic N) is 4. The molecule has 5 nitrogen and oxygen atoms in total. The minimum atomic E-state index is -0.795. The second kappa shape index (κ2) is 7.34. The quantitative estimate of drug-likeness (QED) is 0.588. The summed E-state index contributed by atoms with van der Waals surface area (Å²) >= 11 is 0. The normalized spacial score (nSPS) is 21.7. The largest absolute Gasteiger partial charge is 0.360 e. The fourth-order valence-corrected chi connectivity index (χ4v) is 4.20. The number of halogens is 2. The number of hydrogen-bond donors (Lipinski definition) is 0. The number of aryl methyl sites for hydroxylation is 1. The minimum Gasteiger partial charge on any atom is -0.360 e. The summed E-state index contributed by atoms with van der Waals surface area (Å²) in [5.41, 5.74) is 3.07. The highest BCUT2D eigenvalue weighted by molar-refractivity contribution is 6.03. The summed E-state index contributed by atoms with van der Waals surface area (Å²) in [6.07, 6.45) is 7.08. The van der Waals surface area contributed by atoms with Crippen molar-refractivity contribution in [3.63, 3.8) is 0 Å². The first kappa shape index (κ1) is 19.5. The highest BCUT2D eigenvalue weighted by Crippen LogP contribution is 2.40. The van der Waals surface area contributed by atoms with Crippen molar-refractivity contribution in [3.05, 3.63) is 89.0 Å². The van der Waals surface area contributed by atoms with Crippen LogP contribution in [0.2, 0.25) is 0 Å². The van der Waals surface area contributed by atoms with Crippen molar-refractivity contribution in [2.24, 2.45) is 5.16 Å². The van der Waals surface area contributed by atoms with Crippen molar-refractivity contribution in [2.45, 2.75) is 32.4 Å². The van der Waals surface area contributed by atoms with E-state index >= 15 is 0 Å². The number of aromatic nitrogens is 2. The molecule has 3 heterocycles. The van der Waals surface area contributed by atoms with Gasteiger partial charge in [-0.15, -0.1) is 0 Å². The van der Waals surface area contributed by atoms with Gasteiger partial charge in [0.1, 0.15) is 11.6 Å². The van der Waals surface area contributed by atoms with Crippen molar-refractivity contribution in [2.75, 3.05) is 6.54 Å². The van der Waals surface area contributed by atoms with Gasteiger partial charge >= 0.3 is 0 Å². The molecule has 1 atom stereocenters. The van der Waals surface area contributed by atoms with E-state index in [0.717, 1.165) is 47.6 Å². The third kappa shape index (κ3) is 3.40. The van der Waals surface area contributed by atoms with E-state index in [9.17, 15) is 8.78 Å². The molecule has 0 bridgehead atoms. The Hall–Kier alpha value is -3.48. The highest BCUT2D eigenvalue weighted by Gasteiger charge is 2.45. The Morgan fingerprint density at radius 2 is 1.94 bits per heavy atom. The van der Waals surface area contributed by atoms with Crippen LogP contribution in [-0.4, -0.2) is 26.8 Å². The Morgan fingerprint density at radius 1 is 1.13 bits per heavy atom. The summed E-state index contributed by atoms with van der Waals surface area (Å²) in [7, 11) is 0. The van der Waals surface area contributed by atoms with Gasteiger partial charge in [0.05, 0.1) is 17.7 Å². The van der Waals surface area contributed by atoms with Crippen LogP contribution in [0.5, 0.6) is 0 Å². The molecular weight excluding hydrogens is 398 g/mol. The molecule has 2 aromatic carbocycles. The highest BCUT2D eigenvalue weighted by atomic mass is 19.1. The van der Waals surface area contributed by atoms with E-state index in [1.807, 2.05) is 26.0 Å². The van der Waals surface area contributed by atoms with Gasteiger partial charge in [0, 0.05) is 25.2 Å². The summed E-state index contributed by atoms with van der Waals surface area (Å²) in [6.45, 7) is 4.57. The molecule has 0 aliphatic carbocycles. The number of imidazole rings is 1. The first-order valence-electron chi connectivity index (χ1n) is 10.3. The second-order valence-corrected chi connectivity index (χ2v) is 8.05. The van der Waals surface area contributed by atoms with Crippen LogP contribution in [0, 0.1) is 18.6 Å². The standard InChI is InChI=1S/C24H22F2N4O/c1-16-14-29(15-27-16)22-10-5-17(13-21(22)26)12-18-4-3-11-30-23(18)28-31-24(30,2)19-6-8-20(25)9-7-19/h5-10,12-15H,3-4,11H2,1-2H3. The van der Waals surface area contributed by atoms with Crippen molar-refractivity contribution in [1.82, 2.24) is 14.5 Å². The zero-order valence-corrected chi connectivity index (χ0v) is 17.3. The molecule has 0 N–H and O–H groups in total. The maximum Gasteiger partial charge on any atom is 0.234 e. The smallest absolute Gasteiger partial charge is 0.234 e. The predicted molar refractivity (Wildman–Crippen MR) is 114 cm³/mol. The van der Waals surface area contributed by atoms with Gasteiger partial charge in [-0.2, -0.15) is 0 Å². The Kier molecular flexibility index (Phi) is 4.61. The van der Waals surface area contributed by atoms with Crippen LogP contribution in [0.25, 0.3) is 11.8 Å². The number of amidine groups is 1. The first-order chi connectivity index (χ1) is 14.9. The lowest BCUT2D eigenvalue weighted by Gasteiger charge is -2.37. The molecule has 0 radical (unpaired) electrons. The lowest BCUT2D eigenvalue weighted by molar-refractivity contribution is -0.0913. The predicted octanol–water partition coefficient (Wildman–Crippen LogP) is 5.15. The third-order valence-electron chi connectivity index (χ3n) is 5.88. The van der Waals surface area contributed by atoms with Gasteiger partial charge in [0.15, 0.2) is 5.84 Å². The maximum atomic E-state index is 14.8. The maximum absolute atomic E-state index is 14.8. The van der Waals surface area contributed by atoms with Crippen LogP contribution >= 0.6 is 0 Å². The monoisotopic (exact) mass is 420 g/mol. The lowest BCUT2D eigenvalue weighted by Crippen LogP contribution is -2.46. The van der Waals surface area contributed by atoms with Gasteiger partial charge in [0.25, 0.3) is 0 Å². The summed E-state index contributed by atoms with van der Waals surface area (Å²) in [5.74, 6) is 0.134. The summed E-state index contributed by atoms with van der Waals surface area (Å²) < 4.78 is 29.8. The third-order valence-corrected chi connectivity index (χ3v) is 5.88. The van der Waals surface area contributed by atoms with Gasteiger partial charge < -0.3 is 14.3 Å². The summed E-state index contributed by atoms with van der Waals surface area (Å²) in [5, 5.41) is 4.35. The van der Waals surface area contributed by atoms with Gasteiger partial charge in [-0.25, -0.2) is 13.8 Å². The van der Waals surface area contributed by atoms with Crippen LogP contribution in [0.3, 0.4) is 0 Å². The first-order valence-corrected chi connectivity index (χ1v) is 10.3. The zero-order valence-electron chi connectivity index (χ0n) is 17.3. The molecule has 2 aliphatic rings. The van der Waals surface area contributed by atoms with Crippen molar-refractivity contribution >= 4 is 11.9 Å². The van der Waals surface area contributed by atoms with Crippen LogP contribution in [0.4, 0.5) is 8.78 Å². The molecule has 1 fully saturated rings. The van der Waals surface area contributed by atoms with Crippen LogP contribution in [0.15, 0.2) is 65.7 Å². The van der Waals surface area contributed by atoms with Crippen molar-refractivity contribution < 1.29 is 13.6 Å². The topological polar surface area (TPSA) is 42.7 Å². The molecule has 0 spiro atoms. The molecule has 0 amide bonds. The molecule has 1 saturated heterocycles. The molecule has 1 aromatic heterocycles. The molecule has 158 valence electrons. The van der Waals surface area contributed by atoms with Gasteiger partial charge in [-0.1, -0.05) is 23.4 Å².